The Bertz CT molecular complexity index is 2640. The van der Waals surface area contributed by atoms with Crippen molar-refractivity contribution in [1.29, 1.82) is 10.5 Å². The van der Waals surface area contributed by atoms with E-state index in [0.717, 1.165) is 0 Å². The van der Waals surface area contributed by atoms with Crippen molar-refractivity contribution in [3.63, 3.8) is 0 Å². The van der Waals surface area contributed by atoms with Crippen molar-refractivity contribution in [1.82, 2.24) is 20.6 Å². The first kappa shape index (κ1) is 51.3. The molecule has 1 N–H and O–H groups in total. The van der Waals surface area contributed by atoms with Gasteiger partial charge in [0.05, 0.1) is 50.5 Å². The van der Waals surface area contributed by atoms with Gasteiger partial charge < -0.3 is 26.0 Å². The van der Waals surface area contributed by atoms with Crippen LogP contribution in [0.25, 0.3) is 33.4 Å². The number of halogens is 7. The van der Waals surface area contributed by atoms with E-state index in [9.17, 15) is 13.2 Å². The normalized spacial score (nSPS) is 9.92. The van der Waals surface area contributed by atoms with Gasteiger partial charge in [0.15, 0.2) is 5.82 Å². The van der Waals surface area contributed by atoms with E-state index < -0.39 is 5.82 Å². The summed E-state index contributed by atoms with van der Waals surface area (Å²) in [5, 5.41) is 30.5. The molecule has 0 spiro atoms. The Hall–Kier alpha value is -5.09. The minimum Gasteiger partial charge on any atom is -0.512 e. The van der Waals surface area contributed by atoms with Gasteiger partial charge in [0.25, 0.3) is 0 Å². The van der Waals surface area contributed by atoms with Crippen molar-refractivity contribution >= 4 is 50.7 Å². The number of hydrogen-bond donors (Lipinski definition) is 1. The van der Waals surface area contributed by atoms with Crippen LogP contribution >= 0.6 is 50.7 Å². The predicted octanol–water partition coefficient (Wildman–Crippen LogP) is 9.63. The molecule has 0 unspecified atom stereocenters. The monoisotopic (exact) mass is 970 g/mol. The topological polar surface area (TPSA) is 130 Å². The second kappa shape index (κ2) is 25.8. The molecule has 0 aliphatic heterocycles. The van der Waals surface area contributed by atoms with E-state index >= 15 is 0 Å². The van der Waals surface area contributed by atoms with Crippen molar-refractivity contribution in [3.05, 3.63) is 171 Å². The summed E-state index contributed by atoms with van der Waals surface area (Å²) < 4.78 is 59.4. The third-order valence-corrected chi connectivity index (χ3v) is 10.0. The fourth-order valence-electron chi connectivity index (χ4n) is 5.94. The van der Waals surface area contributed by atoms with Crippen LogP contribution in [0, 0.1) is 40.6 Å². The van der Waals surface area contributed by atoms with Gasteiger partial charge >= 0.3 is 29.6 Å². The van der Waals surface area contributed by atoms with Gasteiger partial charge in [-0.3, -0.25) is 0 Å². The minimum absolute atomic E-state index is 0. The summed E-state index contributed by atoms with van der Waals surface area (Å²) in [5.41, 5.74) is 4.51. The maximum atomic E-state index is 14.9. The molecule has 0 bridgehead atoms. The number of nitrogens with zero attached hydrogens (tertiary/aromatic N) is 5. The molecule has 0 atom stereocenters. The maximum Gasteiger partial charge on any atom is 1.00 e. The quantitative estimate of drug-likeness (QED) is 0.0816. The van der Waals surface area contributed by atoms with E-state index in [4.69, 9.17) is 66.1 Å². The molecular formula is C45H34BrCl3F3N6NaO3. The van der Waals surface area contributed by atoms with Crippen LogP contribution < -0.4 is 43.8 Å². The van der Waals surface area contributed by atoms with E-state index in [0.29, 0.717) is 93.5 Å². The van der Waals surface area contributed by atoms with Crippen molar-refractivity contribution < 1.29 is 56.9 Å². The van der Waals surface area contributed by atoms with Crippen LogP contribution in [-0.2, 0) is 18.2 Å². The van der Waals surface area contributed by atoms with Crippen molar-refractivity contribution in [3.8, 4) is 56.7 Å². The number of methoxy groups -OCH3 is 3. The minimum atomic E-state index is -0.442. The summed E-state index contributed by atoms with van der Waals surface area (Å²) in [7, 11) is 4.51. The summed E-state index contributed by atoms with van der Waals surface area (Å²) in [5.74, 6) is 0.668. The van der Waals surface area contributed by atoms with Gasteiger partial charge in [0.2, 0.25) is 0 Å². The Kier molecular flexibility index (Phi) is 21.3. The summed E-state index contributed by atoms with van der Waals surface area (Å²) in [6, 6.07) is 32.9. The molecule has 0 saturated carbocycles. The number of aromatic nitrogens is 4. The van der Waals surface area contributed by atoms with Crippen molar-refractivity contribution in [2.45, 2.75) is 18.2 Å². The number of nitriles is 1. The average Bonchev–Trinajstić information content (AvgIpc) is 3.79. The number of benzene rings is 6. The SMILES string of the molecule is COc1ccc(CBr)c(F)c1-c1cccc(Cl)c1.COc1ccc(CC#N)c(F)c1-c1cccc(Cl)c1.COc1ccc(Cc2nn[nH]n2)c(F)c1-c1cccc(Cl)c1.[C-]#N.[Na+]. The van der Waals surface area contributed by atoms with Gasteiger partial charge in [-0.15, -0.1) is 10.2 Å². The van der Waals surface area contributed by atoms with Crippen molar-refractivity contribution in [2.75, 3.05) is 21.3 Å². The number of rotatable bonds is 10. The number of H-pyrrole nitrogens is 1. The third kappa shape index (κ3) is 13.2. The number of hydrogen-bond acceptors (Lipinski definition) is 8. The number of alkyl halides is 1. The Morgan fingerprint density at radius 2 is 1.02 bits per heavy atom. The summed E-state index contributed by atoms with van der Waals surface area (Å²) in [4.78, 5) is 0. The van der Waals surface area contributed by atoms with Gasteiger partial charge in [-0.05, 0) is 82.4 Å². The fourth-order valence-corrected chi connectivity index (χ4v) is 6.95. The molecule has 62 heavy (non-hydrogen) atoms. The van der Waals surface area contributed by atoms with Crippen molar-refractivity contribution in [2.24, 2.45) is 0 Å². The zero-order valence-electron chi connectivity index (χ0n) is 33.6. The molecule has 0 aliphatic rings. The molecule has 1 aromatic heterocycles. The Balaban J connectivity index is 0.000000242. The summed E-state index contributed by atoms with van der Waals surface area (Å²) in [6.07, 6.45) is 0.253. The maximum absolute atomic E-state index is 14.9. The zero-order chi connectivity index (χ0) is 44.5. The Morgan fingerprint density at radius 1 is 0.629 bits per heavy atom. The molecule has 7 aromatic rings. The average molecular weight is 973 g/mol. The van der Waals surface area contributed by atoms with Crippen LogP contribution in [0.3, 0.4) is 0 Å². The van der Waals surface area contributed by atoms with Gasteiger partial charge in [0.1, 0.15) is 34.7 Å². The Morgan fingerprint density at radius 3 is 1.37 bits per heavy atom. The van der Waals surface area contributed by atoms with E-state index in [-0.39, 0.29) is 54.0 Å². The number of ether oxygens (including phenoxy) is 3. The molecule has 0 aliphatic carbocycles. The zero-order valence-corrected chi connectivity index (χ0v) is 39.5. The van der Waals surface area contributed by atoms with E-state index in [1.54, 1.807) is 103 Å². The van der Waals surface area contributed by atoms with Crippen LogP contribution in [-0.4, -0.2) is 42.0 Å². The molecular weight excluding hydrogens is 939 g/mol. The Labute approximate surface area is 402 Å². The summed E-state index contributed by atoms with van der Waals surface area (Å²) >= 11 is 21.1. The van der Waals surface area contributed by atoms with Gasteiger partial charge in [-0.2, -0.15) is 10.5 Å². The smallest absolute Gasteiger partial charge is 0.512 e. The molecule has 312 valence electrons. The van der Waals surface area contributed by atoms with Gasteiger partial charge in [-0.25, -0.2) is 13.2 Å². The molecule has 9 nitrogen and oxygen atoms in total. The van der Waals surface area contributed by atoms with E-state index in [1.807, 2.05) is 12.1 Å². The van der Waals surface area contributed by atoms with Crippen LogP contribution in [0.5, 0.6) is 17.2 Å². The molecule has 1 heterocycles. The fraction of sp³-hybridized carbons (Fsp3) is 0.133. The molecule has 0 amide bonds. The van der Waals surface area contributed by atoms with Crippen LogP contribution in [0.15, 0.2) is 109 Å². The first-order valence-corrected chi connectivity index (χ1v) is 20.0. The number of tetrazole rings is 1. The first-order chi connectivity index (χ1) is 29.5. The van der Waals surface area contributed by atoms with Crippen LogP contribution in [0.1, 0.15) is 22.5 Å². The molecule has 17 heteroatoms. The molecule has 6 aromatic carbocycles. The largest absolute Gasteiger partial charge is 1.00 e. The molecule has 0 radical (unpaired) electrons. The molecule has 0 fully saturated rings. The molecule has 0 saturated heterocycles. The van der Waals surface area contributed by atoms with E-state index in [1.165, 1.54) is 21.3 Å². The second-order valence-electron chi connectivity index (χ2n) is 12.4. The predicted molar refractivity (Wildman–Crippen MR) is 234 cm³/mol. The van der Waals surface area contributed by atoms with E-state index in [2.05, 4.69) is 36.6 Å². The first-order valence-electron chi connectivity index (χ1n) is 17.7. The molecule has 7 rings (SSSR count). The second-order valence-corrected chi connectivity index (χ2v) is 14.2. The standard InChI is InChI=1S/C15H12ClFN4O.C15H11ClFNO.C14H11BrClFO.CN.Na/c1-22-12-6-5-10(8-13-18-20-21-19-13)15(17)14(12)9-3-2-4-11(16)7-9;1-19-13-6-5-10(7-8-18)15(17)14(13)11-3-2-4-12(16)9-11;1-18-12-6-5-10(8-15)14(17)13(12)9-3-2-4-11(16)7-9;1-2;/h2-7H,8H2,1H3,(H,18,19,20,21);2-6,9H,7H2,1H3;2-7H,8H2,1H3;;/q;;;-1;+1. The third-order valence-electron chi connectivity index (χ3n) is 8.70. The summed E-state index contributed by atoms with van der Waals surface area (Å²) in [6.45, 7) is 4.75. The van der Waals surface area contributed by atoms with Gasteiger partial charge in [0, 0.05) is 32.4 Å². The van der Waals surface area contributed by atoms with Gasteiger partial charge in [-0.1, -0.05) is 111 Å². The van der Waals surface area contributed by atoms with Crippen LogP contribution in [0.4, 0.5) is 13.2 Å². The number of aromatic amines is 1. The number of nitrogens with one attached hydrogen (secondary N) is 1. The van der Waals surface area contributed by atoms with Crippen LogP contribution in [0.2, 0.25) is 15.1 Å².